The SMILES string of the molecule is CC(=O)Nc1ccc(NS(=O)(=O)c2ccc3oc4ccc(S(=O)(=O)Nc5ccc(NC(C)=O)cc5)cc4c3c2)cc1. The Morgan fingerprint density at radius 3 is 1.22 bits per heavy atom. The Hall–Kier alpha value is -4.88. The number of sulfonamides is 2. The minimum absolute atomic E-state index is 0.0516. The fraction of sp³-hybridized carbons (Fsp3) is 0.0714. The molecule has 0 spiro atoms. The van der Waals surface area contributed by atoms with Crippen LogP contribution in [0.1, 0.15) is 13.8 Å². The molecule has 5 rings (SSSR count). The second-order valence-corrected chi connectivity index (χ2v) is 12.5. The minimum Gasteiger partial charge on any atom is -0.456 e. The van der Waals surface area contributed by atoms with E-state index in [9.17, 15) is 26.4 Å². The molecule has 0 fully saturated rings. The number of anilines is 4. The van der Waals surface area contributed by atoms with Crippen LogP contribution in [-0.2, 0) is 29.6 Å². The maximum atomic E-state index is 13.1. The van der Waals surface area contributed by atoms with E-state index in [0.717, 1.165) is 0 Å². The summed E-state index contributed by atoms with van der Waals surface area (Å²) in [5, 5.41) is 6.05. The molecule has 1 aromatic heterocycles. The zero-order valence-electron chi connectivity index (χ0n) is 21.8. The molecule has 0 aliphatic heterocycles. The number of fused-ring (bicyclic) bond motifs is 3. The van der Waals surface area contributed by atoms with Gasteiger partial charge in [-0.2, -0.15) is 0 Å². The number of amides is 2. The molecule has 11 nitrogen and oxygen atoms in total. The van der Waals surface area contributed by atoms with E-state index in [1.54, 1.807) is 24.3 Å². The third-order valence-corrected chi connectivity index (χ3v) is 8.71. The Morgan fingerprint density at radius 2 is 0.878 bits per heavy atom. The van der Waals surface area contributed by atoms with Crippen LogP contribution in [0.25, 0.3) is 21.9 Å². The molecule has 1 heterocycles. The van der Waals surface area contributed by atoms with Gasteiger partial charge in [0.25, 0.3) is 20.0 Å². The Morgan fingerprint density at radius 1 is 0.537 bits per heavy atom. The third-order valence-electron chi connectivity index (χ3n) is 5.95. The van der Waals surface area contributed by atoms with Crippen LogP contribution in [0.4, 0.5) is 22.7 Å². The van der Waals surface area contributed by atoms with E-state index in [0.29, 0.717) is 44.7 Å². The maximum Gasteiger partial charge on any atom is 0.261 e. The summed E-state index contributed by atoms with van der Waals surface area (Å²) in [6.07, 6.45) is 0. The monoisotopic (exact) mass is 592 g/mol. The molecule has 5 aromatic rings. The van der Waals surface area contributed by atoms with Gasteiger partial charge >= 0.3 is 0 Å². The molecule has 0 atom stereocenters. The highest BCUT2D eigenvalue weighted by Crippen LogP contribution is 2.33. The van der Waals surface area contributed by atoms with Crippen molar-refractivity contribution < 1.29 is 30.8 Å². The van der Waals surface area contributed by atoms with E-state index in [2.05, 4.69) is 20.1 Å². The van der Waals surface area contributed by atoms with E-state index >= 15 is 0 Å². The Labute approximate surface area is 235 Å². The Balaban J connectivity index is 1.43. The Kier molecular flexibility index (Phi) is 7.15. The Bertz CT molecular complexity index is 1870. The molecule has 4 aromatic carbocycles. The number of furan rings is 1. The molecule has 0 bridgehead atoms. The van der Waals surface area contributed by atoms with Crippen LogP contribution in [0.2, 0.25) is 0 Å². The van der Waals surface area contributed by atoms with Crippen molar-refractivity contribution in [3.8, 4) is 0 Å². The van der Waals surface area contributed by atoms with E-state index in [-0.39, 0.29) is 21.6 Å². The summed E-state index contributed by atoms with van der Waals surface area (Å²) in [5.74, 6) is -0.494. The van der Waals surface area contributed by atoms with Gasteiger partial charge in [0.15, 0.2) is 0 Å². The molecular weight excluding hydrogens is 568 g/mol. The molecule has 41 heavy (non-hydrogen) atoms. The minimum atomic E-state index is -4.01. The lowest BCUT2D eigenvalue weighted by atomic mass is 10.1. The van der Waals surface area contributed by atoms with Crippen molar-refractivity contribution in [1.82, 2.24) is 0 Å². The third kappa shape index (κ3) is 6.15. The summed E-state index contributed by atoms with van der Waals surface area (Å²) < 4.78 is 63.4. The van der Waals surface area contributed by atoms with Crippen molar-refractivity contribution in [3.63, 3.8) is 0 Å². The van der Waals surface area contributed by atoms with Crippen LogP contribution in [0.3, 0.4) is 0 Å². The molecule has 0 unspecified atom stereocenters. The number of hydrogen-bond acceptors (Lipinski definition) is 7. The zero-order valence-corrected chi connectivity index (χ0v) is 23.4. The molecule has 4 N–H and O–H groups in total. The topological polar surface area (TPSA) is 164 Å². The molecule has 0 aliphatic rings. The molecule has 2 amide bonds. The van der Waals surface area contributed by atoms with Gasteiger partial charge in [-0.3, -0.25) is 19.0 Å². The van der Waals surface area contributed by atoms with Crippen molar-refractivity contribution in [2.45, 2.75) is 23.6 Å². The first-order valence-corrected chi connectivity index (χ1v) is 15.1. The van der Waals surface area contributed by atoms with Gasteiger partial charge in [0, 0.05) is 47.4 Å². The second kappa shape index (κ2) is 10.6. The summed E-state index contributed by atoms with van der Waals surface area (Å²) in [5.41, 5.74) is 2.40. The van der Waals surface area contributed by atoms with E-state index in [1.165, 1.54) is 74.5 Å². The first-order valence-electron chi connectivity index (χ1n) is 12.2. The summed E-state index contributed by atoms with van der Waals surface area (Å²) >= 11 is 0. The summed E-state index contributed by atoms with van der Waals surface area (Å²) in [6, 6.07) is 21.0. The van der Waals surface area contributed by atoms with Gasteiger partial charge < -0.3 is 15.1 Å². The molecule has 0 saturated heterocycles. The number of hydrogen-bond donors (Lipinski definition) is 4. The lowest BCUT2D eigenvalue weighted by molar-refractivity contribution is -0.115. The van der Waals surface area contributed by atoms with Crippen molar-refractivity contribution in [2.75, 3.05) is 20.1 Å². The van der Waals surface area contributed by atoms with Crippen LogP contribution in [0.5, 0.6) is 0 Å². The van der Waals surface area contributed by atoms with Crippen molar-refractivity contribution in [2.24, 2.45) is 0 Å². The predicted octanol–water partition coefficient (Wildman–Crippen LogP) is 5.10. The number of carbonyl (C=O) groups excluding carboxylic acids is 2. The molecule has 0 radical (unpaired) electrons. The predicted molar refractivity (Wildman–Crippen MR) is 157 cm³/mol. The number of carbonyl (C=O) groups is 2. The van der Waals surface area contributed by atoms with Gasteiger partial charge in [-0.25, -0.2) is 16.8 Å². The van der Waals surface area contributed by atoms with Gasteiger partial charge in [-0.1, -0.05) is 0 Å². The van der Waals surface area contributed by atoms with Crippen LogP contribution < -0.4 is 20.1 Å². The van der Waals surface area contributed by atoms with Gasteiger partial charge in [0.2, 0.25) is 11.8 Å². The molecule has 210 valence electrons. The standard InChI is InChI=1S/C28H24N4O7S2/c1-17(33)29-19-3-7-21(8-4-19)31-40(35,36)23-11-13-27-25(15-23)26-16-24(12-14-28(26)39-27)41(37,38)32-22-9-5-20(6-10-22)30-18(2)34/h3-16,31-32H,1-2H3,(H,29,33)(H,30,34). The molecule has 0 saturated carbocycles. The summed E-state index contributed by atoms with van der Waals surface area (Å²) in [4.78, 5) is 22.3. The van der Waals surface area contributed by atoms with Crippen molar-refractivity contribution >= 4 is 76.5 Å². The van der Waals surface area contributed by atoms with E-state index in [1.807, 2.05) is 0 Å². The highest BCUT2D eigenvalue weighted by atomic mass is 32.2. The lowest BCUT2D eigenvalue weighted by Crippen LogP contribution is -2.13. The smallest absolute Gasteiger partial charge is 0.261 e. The fourth-order valence-electron chi connectivity index (χ4n) is 4.15. The maximum absolute atomic E-state index is 13.1. The van der Waals surface area contributed by atoms with Crippen molar-refractivity contribution in [3.05, 3.63) is 84.9 Å². The highest BCUT2D eigenvalue weighted by Gasteiger charge is 2.20. The van der Waals surface area contributed by atoms with Crippen LogP contribution in [-0.4, -0.2) is 28.6 Å². The van der Waals surface area contributed by atoms with E-state index in [4.69, 9.17) is 4.42 Å². The van der Waals surface area contributed by atoms with Gasteiger partial charge in [-0.15, -0.1) is 0 Å². The van der Waals surface area contributed by atoms with Gasteiger partial charge in [-0.05, 0) is 84.9 Å². The zero-order chi connectivity index (χ0) is 29.4. The first kappa shape index (κ1) is 27.7. The lowest BCUT2D eigenvalue weighted by Gasteiger charge is -2.10. The quantitative estimate of drug-likeness (QED) is 0.195. The van der Waals surface area contributed by atoms with Gasteiger partial charge in [0.1, 0.15) is 11.2 Å². The number of rotatable bonds is 8. The first-order chi connectivity index (χ1) is 19.4. The van der Waals surface area contributed by atoms with Crippen LogP contribution in [0, 0.1) is 0 Å². The number of benzene rings is 4. The van der Waals surface area contributed by atoms with E-state index < -0.39 is 20.0 Å². The van der Waals surface area contributed by atoms with Crippen LogP contribution >= 0.6 is 0 Å². The second-order valence-electron chi connectivity index (χ2n) is 9.15. The average Bonchev–Trinajstić information content (AvgIpc) is 3.27. The summed E-state index contributed by atoms with van der Waals surface area (Å²) in [7, 11) is -8.03. The molecule has 0 aliphatic carbocycles. The average molecular weight is 593 g/mol. The largest absolute Gasteiger partial charge is 0.456 e. The fourth-order valence-corrected chi connectivity index (χ4v) is 6.32. The molecule has 13 heteroatoms. The highest BCUT2D eigenvalue weighted by molar-refractivity contribution is 7.93. The normalized spacial score (nSPS) is 11.8. The summed E-state index contributed by atoms with van der Waals surface area (Å²) in [6.45, 7) is 2.74. The van der Waals surface area contributed by atoms with Crippen LogP contribution in [0.15, 0.2) is 99.1 Å². The molecular formula is C28H24N4O7S2. The number of nitrogens with one attached hydrogen (secondary N) is 4. The van der Waals surface area contributed by atoms with Gasteiger partial charge in [0.05, 0.1) is 9.79 Å². The van der Waals surface area contributed by atoms with Crippen molar-refractivity contribution in [1.29, 1.82) is 0 Å².